The van der Waals surface area contributed by atoms with E-state index in [1.807, 2.05) is 23.1 Å². The number of benzene rings is 1. The third-order valence-electron chi connectivity index (χ3n) is 3.49. The van der Waals surface area contributed by atoms with Crippen LogP contribution in [0.3, 0.4) is 0 Å². The predicted molar refractivity (Wildman–Crippen MR) is 73.0 cm³/mol. The molecule has 1 amide bonds. The van der Waals surface area contributed by atoms with Crippen molar-refractivity contribution in [2.24, 2.45) is 5.73 Å². The zero-order valence-corrected chi connectivity index (χ0v) is 11.2. The Morgan fingerprint density at radius 2 is 2.00 bits per heavy atom. The van der Waals surface area contributed by atoms with Gasteiger partial charge >= 0.3 is 0 Å². The number of nitrogens with zero attached hydrogens (tertiary/aromatic N) is 1. The fourth-order valence-electron chi connectivity index (χ4n) is 2.44. The molecule has 1 aliphatic carbocycles. The van der Waals surface area contributed by atoms with Crippen molar-refractivity contribution < 1.29 is 4.79 Å². The van der Waals surface area contributed by atoms with Gasteiger partial charge in [-0.25, -0.2) is 0 Å². The number of hydrogen-bond acceptors (Lipinski definition) is 2. The lowest BCUT2D eigenvalue weighted by atomic mass is 10.0. The maximum absolute atomic E-state index is 12.3. The van der Waals surface area contributed by atoms with E-state index in [9.17, 15) is 4.79 Å². The van der Waals surface area contributed by atoms with E-state index in [0.717, 1.165) is 19.3 Å². The number of hydrogen-bond donors (Lipinski definition) is 1. The van der Waals surface area contributed by atoms with E-state index in [2.05, 4.69) is 19.1 Å². The fraction of sp³-hybridized carbons (Fsp3) is 0.533. The second-order valence-corrected chi connectivity index (χ2v) is 5.10. The van der Waals surface area contributed by atoms with Crippen molar-refractivity contribution in [1.82, 2.24) is 4.90 Å². The molecule has 0 unspecified atom stereocenters. The molecule has 1 aromatic rings. The Morgan fingerprint density at radius 3 is 2.44 bits per heavy atom. The molecule has 0 radical (unpaired) electrons. The number of nitrogens with two attached hydrogens (primary N) is 1. The van der Waals surface area contributed by atoms with Crippen LogP contribution in [0, 0.1) is 0 Å². The van der Waals surface area contributed by atoms with Crippen molar-refractivity contribution in [2.45, 2.75) is 51.2 Å². The summed E-state index contributed by atoms with van der Waals surface area (Å²) in [5, 5.41) is 0. The molecule has 0 spiro atoms. The lowest BCUT2D eigenvalue weighted by molar-refractivity contribution is -0.135. The molecule has 0 aromatic heterocycles. The van der Waals surface area contributed by atoms with E-state index >= 15 is 0 Å². The highest BCUT2D eigenvalue weighted by atomic mass is 16.2. The monoisotopic (exact) mass is 246 g/mol. The lowest BCUT2D eigenvalue weighted by Gasteiger charge is -2.33. The van der Waals surface area contributed by atoms with Crippen molar-refractivity contribution in [3.8, 4) is 0 Å². The van der Waals surface area contributed by atoms with Gasteiger partial charge in [0, 0.05) is 6.04 Å². The van der Waals surface area contributed by atoms with Gasteiger partial charge in [-0.2, -0.15) is 0 Å². The fourth-order valence-corrected chi connectivity index (χ4v) is 2.44. The largest absolute Gasteiger partial charge is 0.331 e. The van der Waals surface area contributed by atoms with Gasteiger partial charge < -0.3 is 10.6 Å². The van der Waals surface area contributed by atoms with Gasteiger partial charge in [-0.1, -0.05) is 37.3 Å². The van der Waals surface area contributed by atoms with E-state index in [1.165, 1.54) is 5.56 Å². The van der Waals surface area contributed by atoms with Gasteiger partial charge in [0.1, 0.15) is 0 Å². The Balaban J connectivity index is 2.25. The first-order chi connectivity index (χ1) is 8.65. The molecule has 0 saturated heterocycles. The molecule has 1 saturated carbocycles. The SMILES string of the molecule is CC[C@H](c1ccccc1)N(C(=O)[C@H](C)N)C1CC1. The average Bonchev–Trinajstić information content (AvgIpc) is 3.20. The summed E-state index contributed by atoms with van der Waals surface area (Å²) >= 11 is 0. The van der Waals surface area contributed by atoms with Crippen LogP contribution in [-0.2, 0) is 4.79 Å². The van der Waals surface area contributed by atoms with Crippen molar-refractivity contribution >= 4 is 5.91 Å². The number of carbonyl (C=O) groups is 1. The molecule has 2 atom stereocenters. The van der Waals surface area contributed by atoms with Gasteiger partial charge in [0.2, 0.25) is 5.91 Å². The summed E-state index contributed by atoms with van der Waals surface area (Å²) in [4.78, 5) is 14.3. The Kier molecular flexibility index (Phi) is 4.02. The minimum atomic E-state index is -0.414. The van der Waals surface area contributed by atoms with Gasteiger partial charge in [-0.15, -0.1) is 0 Å². The van der Waals surface area contributed by atoms with Crippen LogP contribution >= 0.6 is 0 Å². The molecule has 18 heavy (non-hydrogen) atoms. The molecule has 0 aliphatic heterocycles. The second kappa shape index (κ2) is 5.53. The smallest absolute Gasteiger partial charge is 0.239 e. The van der Waals surface area contributed by atoms with Gasteiger partial charge in [0.05, 0.1) is 12.1 Å². The minimum absolute atomic E-state index is 0.0770. The highest BCUT2D eigenvalue weighted by Gasteiger charge is 2.38. The van der Waals surface area contributed by atoms with Crippen molar-refractivity contribution in [2.75, 3.05) is 0 Å². The molecule has 3 nitrogen and oxygen atoms in total. The zero-order chi connectivity index (χ0) is 13.1. The van der Waals surface area contributed by atoms with Crippen LogP contribution in [0.25, 0.3) is 0 Å². The van der Waals surface area contributed by atoms with Crippen LogP contribution in [0.15, 0.2) is 30.3 Å². The third kappa shape index (κ3) is 2.72. The molecule has 0 bridgehead atoms. The molecule has 0 heterocycles. The van der Waals surface area contributed by atoms with Gasteiger partial charge in [-0.3, -0.25) is 4.79 Å². The van der Waals surface area contributed by atoms with Crippen LogP contribution in [0.4, 0.5) is 0 Å². The first kappa shape index (κ1) is 13.1. The Bertz CT molecular complexity index is 398. The topological polar surface area (TPSA) is 46.3 Å². The molecule has 3 heteroatoms. The van der Waals surface area contributed by atoms with E-state index in [4.69, 9.17) is 5.73 Å². The van der Waals surface area contributed by atoms with Crippen LogP contribution < -0.4 is 5.73 Å². The van der Waals surface area contributed by atoms with Crippen molar-refractivity contribution in [3.05, 3.63) is 35.9 Å². The van der Waals surface area contributed by atoms with Crippen LogP contribution in [0.5, 0.6) is 0 Å². The maximum atomic E-state index is 12.3. The summed E-state index contributed by atoms with van der Waals surface area (Å²) < 4.78 is 0. The molecule has 1 fully saturated rings. The number of carbonyl (C=O) groups excluding carboxylic acids is 1. The molecule has 98 valence electrons. The predicted octanol–water partition coefficient (Wildman–Crippen LogP) is 2.48. The van der Waals surface area contributed by atoms with E-state index in [1.54, 1.807) is 6.92 Å². The number of amides is 1. The Morgan fingerprint density at radius 1 is 1.39 bits per heavy atom. The number of rotatable bonds is 5. The Hall–Kier alpha value is -1.35. The standard InChI is InChI=1S/C15H22N2O/c1-3-14(12-7-5-4-6-8-12)17(13-9-10-13)15(18)11(2)16/h4-8,11,13-14H,3,9-10,16H2,1-2H3/t11-,14+/m0/s1. The van der Waals surface area contributed by atoms with Crippen LogP contribution in [0.2, 0.25) is 0 Å². The summed E-state index contributed by atoms with van der Waals surface area (Å²) in [6.07, 6.45) is 3.16. The van der Waals surface area contributed by atoms with Crippen molar-refractivity contribution in [1.29, 1.82) is 0 Å². The van der Waals surface area contributed by atoms with Crippen molar-refractivity contribution in [3.63, 3.8) is 0 Å². The van der Waals surface area contributed by atoms with E-state index < -0.39 is 6.04 Å². The minimum Gasteiger partial charge on any atom is -0.331 e. The molecule has 1 aromatic carbocycles. The average molecular weight is 246 g/mol. The maximum Gasteiger partial charge on any atom is 0.239 e. The van der Waals surface area contributed by atoms with Crippen LogP contribution in [0.1, 0.15) is 44.7 Å². The lowest BCUT2D eigenvalue weighted by Crippen LogP contribution is -2.45. The molecular weight excluding hydrogens is 224 g/mol. The van der Waals surface area contributed by atoms with Gasteiger partial charge in [0.15, 0.2) is 0 Å². The highest BCUT2D eigenvalue weighted by Crippen LogP contribution is 2.36. The quantitative estimate of drug-likeness (QED) is 0.867. The molecular formula is C15H22N2O. The van der Waals surface area contributed by atoms with E-state index in [-0.39, 0.29) is 11.9 Å². The van der Waals surface area contributed by atoms with Gasteiger partial charge in [0.25, 0.3) is 0 Å². The summed E-state index contributed by atoms with van der Waals surface area (Å²) in [7, 11) is 0. The van der Waals surface area contributed by atoms with Crippen LogP contribution in [-0.4, -0.2) is 22.9 Å². The summed E-state index contributed by atoms with van der Waals surface area (Å²) in [6.45, 7) is 3.90. The first-order valence-electron chi connectivity index (χ1n) is 6.77. The summed E-state index contributed by atoms with van der Waals surface area (Å²) in [5.74, 6) is 0.0770. The van der Waals surface area contributed by atoms with E-state index in [0.29, 0.717) is 6.04 Å². The second-order valence-electron chi connectivity index (χ2n) is 5.10. The zero-order valence-electron chi connectivity index (χ0n) is 11.2. The third-order valence-corrected chi connectivity index (χ3v) is 3.49. The van der Waals surface area contributed by atoms with Gasteiger partial charge in [-0.05, 0) is 31.7 Å². The molecule has 2 rings (SSSR count). The Labute approximate surface area is 109 Å². The molecule has 1 aliphatic rings. The normalized spacial score (nSPS) is 18.2. The molecule has 2 N–H and O–H groups in total. The summed E-state index contributed by atoms with van der Waals surface area (Å²) in [5.41, 5.74) is 6.99. The summed E-state index contributed by atoms with van der Waals surface area (Å²) in [6, 6.07) is 10.4. The highest BCUT2D eigenvalue weighted by molar-refractivity contribution is 5.82. The first-order valence-corrected chi connectivity index (χ1v) is 6.77.